The second-order valence-corrected chi connectivity index (χ2v) is 6.49. The van der Waals surface area contributed by atoms with Crippen LogP contribution in [0.4, 0.5) is 0 Å². The molecule has 1 rings (SSSR count). The van der Waals surface area contributed by atoms with Crippen LogP contribution in [0.15, 0.2) is 10.4 Å². The van der Waals surface area contributed by atoms with E-state index in [1.165, 1.54) is 4.90 Å². The normalized spacial score (nSPS) is 11.7. The number of nitrogens with zero attached hydrogens (tertiary/aromatic N) is 3. The van der Waals surface area contributed by atoms with Crippen molar-refractivity contribution in [1.82, 2.24) is 20.5 Å². The van der Waals surface area contributed by atoms with E-state index in [4.69, 9.17) is 4.74 Å². The Bertz CT molecular complexity index is 514. The van der Waals surface area contributed by atoms with Gasteiger partial charge < -0.3 is 20.3 Å². The number of likely N-dealkylation sites (N-methyl/N-ethyl adjacent to an activating group) is 1. The van der Waals surface area contributed by atoms with Crippen LogP contribution in [0.1, 0.15) is 30.5 Å². The van der Waals surface area contributed by atoms with Gasteiger partial charge in [0.05, 0.1) is 18.8 Å². The molecule has 1 amide bonds. The topological polar surface area (TPSA) is 78.8 Å². The Morgan fingerprint density at radius 3 is 2.74 bits per heavy atom. The van der Waals surface area contributed by atoms with Gasteiger partial charge in [0.25, 0.3) is 0 Å². The van der Waals surface area contributed by atoms with Crippen LogP contribution in [0, 0.1) is 0 Å². The minimum absolute atomic E-state index is 0.0471. The first kappa shape index (κ1) is 19.4. The molecule has 7 nitrogen and oxygen atoms in total. The molecule has 0 unspecified atom stereocenters. The van der Waals surface area contributed by atoms with Gasteiger partial charge in [-0.3, -0.25) is 4.79 Å². The van der Waals surface area contributed by atoms with Crippen LogP contribution in [-0.4, -0.2) is 62.7 Å². The van der Waals surface area contributed by atoms with Gasteiger partial charge in [-0.2, -0.15) is 0 Å². The van der Waals surface area contributed by atoms with E-state index in [-0.39, 0.29) is 12.5 Å². The molecule has 0 saturated heterocycles. The molecule has 0 bridgehead atoms. The minimum Gasteiger partial charge on any atom is -0.383 e. The molecule has 2 N–H and O–H groups in total. The van der Waals surface area contributed by atoms with Crippen molar-refractivity contribution in [2.24, 2.45) is 4.99 Å². The third kappa shape index (κ3) is 7.43. The summed E-state index contributed by atoms with van der Waals surface area (Å²) in [6.45, 7) is 6.11. The van der Waals surface area contributed by atoms with Crippen LogP contribution in [0.3, 0.4) is 0 Å². The van der Waals surface area contributed by atoms with Gasteiger partial charge in [0, 0.05) is 33.1 Å². The maximum atomic E-state index is 11.7. The molecule has 0 aromatic carbocycles. The molecule has 0 saturated carbocycles. The quantitative estimate of drug-likeness (QED) is 0.420. The molecule has 0 aliphatic carbocycles. The highest BCUT2D eigenvalue weighted by Crippen LogP contribution is 2.17. The van der Waals surface area contributed by atoms with E-state index < -0.39 is 0 Å². The number of methoxy groups -OCH3 is 1. The molecule has 0 atom stereocenters. The average Bonchev–Trinajstić information content (AvgIpc) is 2.98. The fourth-order valence-electron chi connectivity index (χ4n) is 1.56. The minimum atomic E-state index is -0.0471. The lowest BCUT2D eigenvalue weighted by atomic mass is 10.2. The number of amides is 1. The number of aliphatic imine (C=N–C) groups is 1. The molecule has 130 valence electrons. The number of aromatic nitrogens is 1. The first-order valence-electron chi connectivity index (χ1n) is 7.59. The molecule has 0 spiro atoms. The number of rotatable bonds is 8. The number of carbonyl (C=O) groups is 1. The van der Waals surface area contributed by atoms with Crippen molar-refractivity contribution >= 4 is 23.2 Å². The van der Waals surface area contributed by atoms with Crippen LogP contribution in [0.5, 0.6) is 0 Å². The number of guanidine groups is 1. The molecule has 0 aliphatic heterocycles. The van der Waals surface area contributed by atoms with Crippen molar-refractivity contribution in [2.75, 3.05) is 40.9 Å². The van der Waals surface area contributed by atoms with Gasteiger partial charge in [-0.1, -0.05) is 13.8 Å². The van der Waals surface area contributed by atoms with Crippen molar-refractivity contribution < 1.29 is 9.53 Å². The van der Waals surface area contributed by atoms with Gasteiger partial charge in [-0.15, -0.1) is 11.3 Å². The predicted octanol–water partition coefficient (Wildman–Crippen LogP) is 1.04. The molecule has 1 aromatic rings. The van der Waals surface area contributed by atoms with Crippen LogP contribution in [0.25, 0.3) is 0 Å². The summed E-state index contributed by atoms with van der Waals surface area (Å²) in [7, 11) is 5.07. The Morgan fingerprint density at radius 1 is 1.43 bits per heavy atom. The monoisotopic (exact) mass is 341 g/mol. The number of ether oxygens (including phenoxy) is 1. The third-order valence-corrected chi connectivity index (χ3v) is 3.91. The van der Waals surface area contributed by atoms with Gasteiger partial charge >= 0.3 is 0 Å². The Kier molecular flexibility index (Phi) is 8.57. The van der Waals surface area contributed by atoms with Gasteiger partial charge in [0.2, 0.25) is 5.91 Å². The van der Waals surface area contributed by atoms with Crippen molar-refractivity contribution in [3.05, 3.63) is 16.1 Å². The largest absolute Gasteiger partial charge is 0.383 e. The summed E-state index contributed by atoms with van der Waals surface area (Å²) < 4.78 is 5.02. The highest BCUT2D eigenvalue weighted by molar-refractivity contribution is 7.09. The molecule has 0 aliphatic rings. The second kappa shape index (κ2) is 10.2. The predicted molar refractivity (Wildman–Crippen MR) is 93.9 cm³/mol. The van der Waals surface area contributed by atoms with E-state index in [1.54, 1.807) is 32.5 Å². The Balaban J connectivity index is 2.59. The van der Waals surface area contributed by atoms with E-state index >= 15 is 0 Å². The molecular formula is C15H27N5O2S. The average molecular weight is 341 g/mol. The fraction of sp³-hybridized carbons (Fsp3) is 0.667. The molecule has 1 aromatic heterocycles. The zero-order valence-corrected chi connectivity index (χ0v) is 15.4. The smallest absolute Gasteiger partial charge is 0.243 e. The van der Waals surface area contributed by atoms with E-state index in [0.717, 1.165) is 10.7 Å². The van der Waals surface area contributed by atoms with Gasteiger partial charge in [-0.05, 0) is 5.92 Å². The summed E-state index contributed by atoms with van der Waals surface area (Å²) in [5.41, 5.74) is 1.10. The second-order valence-electron chi connectivity index (χ2n) is 5.55. The maximum absolute atomic E-state index is 11.7. The third-order valence-electron chi connectivity index (χ3n) is 3.04. The summed E-state index contributed by atoms with van der Waals surface area (Å²) in [6, 6.07) is 0. The van der Waals surface area contributed by atoms with E-state index in [0.29, 0.717) is 31.6 Å². The van der Waals surface area contributed by atoms with Gasteiger partial charge in [-0.25, -0.2) is 9.98 Å². The first-order valence-corrected chi connectivity index (χ1v) is 8.47. The molecule has 1 heterocycles. The molecule has 0 radical (unpaired) electrons. The Labute approximate surface area is 142 Å². The summed E-state index contributed by atoms with van der Waals surface area (Å²) in [4.78, 5) is 22.1. The summed E-state index contributed by atoms with van der Waals surface area (Å²) in [5.74, 6) is 0.957. The maximum Gasteiger partial charge on any atom is 0.243 e. The molecule has 8 heteroatoms. The first-order chi connectivity index (χ1) is 10.9. The lowest BCUT2D eigenvalue weighted by Gasteiger charge is -2.13. The molecule has 23 heavy (non-hydrogen) atoms. The number of hydrogen-bond donors (Lipinski definition) is 2. The number of thiazole rings is 1. The summed E-state index contributed by atoms with van der Waals surface area (Å²) in [5, 5.41) is 9.41. The van der Waals surface area contributed by atoms with Crippen LogP contribution in [-0.2, 0) is 16.1 Å². The van der Waals surface area contributed by atoms with Crippen molar-refractivity contribution in [2.45, 2.75) is 26.3 Å². The standard InChI is InChI=1S/C15H27N5O2S/c1-11(2)12-10-23-13(19-12)8-17-15(16-6-7-22-5)18-9-14(21)20(3)4/h10-11H,6-9H2,1-5H3,(H2,16,17,18). The van der Waals surface area contributed by atoms with E-state index in [1.807, 2.05) is 0 Å². The van der Waals surface area contributed by atoms with E-state index in [9.17, 15) is 4.79 Å². The fourth-order valence-corrected chi connectivity index (χ4v) is 2.46. The SMILES string of the molecule is COCCNC(=NCC(=O)N(C)C)NCc1nc(C(C)C)cs1. The lowest BCUT2D eigenvalue weighted by Crippen LogP contribution is -2.39. The van der Waals surface area contributed by atoms with Gasteiger partial charge in [0.15, 0.2) is 5.96 Å². The van der Waals surface area contributed by atoms with E-state index in [2.05, 4.69) is 39.8 Å². The van der Waals surface area contributed by atoms with Crippen molar-refractivity contribution in [3.8, 4) is 0 Å². The Hall–Kier alpha value is -1.67. The van der Waals surface area contributed by atoms with Crippen molar-refractivity contribution in [1.29, 1.82) is 0 Å². The molecular weight excluding hydrogens is 314 g/mol. The highest BCUT2D eigenvalue weighted by Gasteiger charge is 2.08. The molecule has 0 fully saturated rings. The van der Waals surface area contributed by atoms with Crippen LogP contribution >= 0.6 is 11.3 Å². The zero-order valence-electron chi connectivity index (χ0n) is 14.5. The Morgan fingerprint density at radius 2 is 2.17 bits per heavy atom. The number of nitrogens with one attached hydrogen (secondary N) is 2. The summed E-state index contributed by atoms with van der Waals surface area (Å²) >= 11 is 1.62. The highest BCUT2D eigenvalue weighted by atomic mass is 32.1. The number of carbonyl (C=O) groups excluding carboxylic acids is 1. The zero-order chi connectivity index (χ0) is 17.2. The summed E-state index contributed by atoms with van der Waals surface area (Å²) in [6.07, 6.45) is 0. The lowest BCUT2D eigenvalue weighted by molar-refractivity contribution is -0.127. The van der Waals surface area contributed by atoms with Gasteiger partial charge in [0.1, 0.15) is 11.6 Å². The van der Waals surface area contributed by atoms with Crippen LogP contribution in [0.2, 0.25) is 0 Å². The number of hydrogen-bond acceptors (Lipinski definition) is 5. The van der Waals surface area contributed by atoms with Crippen molar-refractivity contribution in [3.63, 3.8) is 0 Å². The van der Waals surface area contributed by atoms with Crippen LogP contribution < -0.4 is 10.6 Å².